The maximum Gasteiger partial charge on any atom is 0.103 e. The quantitative estimate of drug-likeness (QED) is 0.742. The molecule has 0 aliphatic rings. The molecule has 0 aliphatic heterocycles. The minimum atomic E-state index is 0.782. The van der Waals surface area contributed by atoms with E-state index in [4.69, 9.17) is 16.6 Å². The molecule has 1 heterocycles. The molecule has 0 radical (unpaired) electrons. The molecule has 0 saturated heterocycles. The Balaban J connectivity index is 1.98. The van der Waals surface area contributed by atoms with E-state index < -0.39 is 0 Å². The number of nitrogens with zero attached hydrogens (tertiary/aromatic N) is 1. The molecule has 0 saturated carbocycles. The number of thiazole rings is 1. The molecule has 0 atom stereocenters. The summed E-state index contributed by atoms with van der Waals surface area (Å²) in [4.78, 5) is 7.35. The summed E-state index contributed by atoms with van der Waals surface area (Å²) in [5, 5.41) is 5.37. The zero-order valence-electron chi connectivity index (χ0n) is 11.8. The van der Waals surface area contributed by atoms with Crippen LogP contribution in [0.3, 0.4) is 0 Å². The SMILES string of the molecule is CCNCc1sc(CSc2ccc(Cl)cc2)nc1CC. The number of thioether (sulfide) groups is 1. The van der Waals surface area contributed by atoms with Crippen LogP contribution in [0, 0.1) is 0 Å². The van der Waals surface area contributed by atoms with Gasteiger partial charge in [-0.1, -0.05) is 25.4 Å². The summed E-state index contributed by atoms with van der Waals surface area (Å²) < 4.78 is 0. The van der Waals surface area contributed by atoms with Gasteiger partial charge < -0.3 is 5.32 Å². The number of benzene rings is 1. The minimum absolute atomic E-state index is 0.782. The van der Waals surface area contributed by atoms with Crippen LogP contribution in [-0.2, 0) is 18.7 Å². The van der Waals surface area contributed by atoms with E-state index in [0.29, 0.717) is 0 Å². The van der Waals surface area contributed by atoms with E-state index in [-0.39, 0.29) is 0 Å². The zero-order chi connectivity index (χ0) is 14.4. The number of nitrogens with one attached hydrogen (secondary N) is 1. The van der Waals surface area contributed by atoms with E-state index in [9.17, 15) is 0 Å². The van der Waals surface area contributed by atoms with Gasteiger partial charge in [-0.2, -0.15) is 0 Å². The highest BCUT2D eigenvalue weighted by molar-refractivity contribution is 7.98. The van der Waals surface area contributed by atoms with Gasteiger partial charge in [-0.05, 0) is 37.2 Å². The second-order valence-corrected chi connectivity index (χ2v) is 7.01. The Morgan fingerprint density at radius 3 is 2.65 bits per heavy atom. The lowest BCUT2D eigenvalue weighted by molar-refractivity contribution is 0.727. The Morgan fingerprint density at radius 2 is 2.00 bits per heavy atom. The van der Waals surface area contributed by atoms with Crippen molar-refractivity contribution in [2.75, 3.05) is 6.54 Å². The molecule has 20 heavy (non-hydrogen) atoms. The molecule has 108 valence electrons. The van der Waals surface area contributed by atoms with Crippen LogP contribution < -0.4 is 5.32 Å². The fourth-order valence-corrected chi connectivity index (χ4v) is 3.97. The molecule has 0 unspecified atom stereocenters. The Labute approximate surface area is 134 Å². The molecule has 2 nitrogen and oxygen atoms in total. The molecule has 5 heteroatoms. The number of aromatic nitrogens is 1. The first-order valence-electron chi connectivity index (χ1n) is 6.79. The van der Waals surface area contributed by atoms with Gasteiger partial charge in [0.2, 0.25) is 0 Å². The third-order valence-corrected chi connectivity index (χ3v) is 5.42. The maximum absolute atomic E-state index is 5.89. The Bertz CT molecular complexity index is 537. The lowest BCUT2D eigenvalue weighted by Gasteiger charge is -1.99. The van der Waals surface area contributed by atoms with E-state index in [0.717, 1.165) is 30.3 Å². The summed E-state index contributed by atoms with van der Waals surface area (Å²) >= 11 is 9.53. The monoisotopic (exact) mass is 326 g/mol. The van der Waals surface area contributed by atoms with Gasteiger partial charge in [0.1, 0.15) is 5.01 Å². The van der Waals surface area contributed by atoms with Gasteiger partial charge >= 0.3 is 0 Å². The van der Waals surface area contributed by atoms with Gasteiger partial charge in [0, 0.05) is 21.3 Å². The summed E-state index contributed by atoms with van der Waals surface area (Å²) in [5.41, 5.74) is 1.24. The van der Waals surface area contributed by atoms with Crippen molar-refractivity contribution in [1.29, 1.82) is 0 Å². The third kappa shape index (κ3) is 4.48. The molecule has 0 fully saturated rings. The minimum Gasteiger partial charge on any atom is -0.312 e. The second kappa shape index (κ2) is 8.03. The summed E-state index contributed by atoms with van der Waals surface area (Å²) in [6, 6.07) is 7.97. The summed E-state index contributed by atoms with van der Waals surface area (Å²) in [6.45, 7) is 6.23. The Morgan fingerprint density at radius 1 is 1.25 bits per heavy atom. The normalized spacial score (nSPS) is 10.9. The molecule has 2 rings (SSSR count). The molecular weight excluding hydrogens is 308 g/mol. The summed E-state index contributed by atoms with van der Waals surface area (Å²) in [6.07, 6.45) is 1.00. The number of hydrogen-bond donors (Lipinski definition) is 1. The number of aryl methyl sites for hydroxylation is 1. The van der Waals surface area contributed by atoms with Gasteiger partial charge in [0.25, 0.3) is 0 Å². The van der Waals surface area contributed by atoms with Crippen LogP contribution >= 0.6 is 34.7 Å². The molecule has 0 aliphatic carbocycles. The van der Waals surface area contributed by atoms with E-state index >= 15 is 0 Å². The number of rotatable bonds is 7. The van der Waals surface area contributed by atoms with Crippen molar-refractivity contribution in [2.45, 2.75) is 37.5 Å². The fourth-order valence-electron chi connectivity index (χ4n) is 1.83. The summed E-state index contributed by atoms with van der Waals surface area (Å²) in [7, 11) is 0. The fraction of sp³-hybridized carbons (Fsp3) is 0.400. The average molecular weight is 327 g/mol. The first-order chi connectivity index (χ1) is 9.72. The van der Waals surface area contributed by atoms with Crippen molar-refractivity contribution < 1.29 is 0 Å². The molecule has 1 aromatic carbocycles. The van der Waals surface area contributed by atoms with Crippen LogP contribution in [0.5, 0.6) is 0 Å². The van der Waals surface area contributed by atoms with Gasteiger partial charge in [-0.15, -0.1) is 23.1 Å². The highest BCUT2D eigenvalue weighted by atomic mass is 35.5. The molecule has 1 aromatic heterocycles. The number of hydrogen-bond acceptors (Lipinski definition) is 4. The van der Waals surface area contributed by atoms with Crippen molar-refractivity contribution in [2.24, 2.45) is 0 Å². The van der Waals surface area contributed by atoms with Crippen LogP contribution in [0.4, 0.5) is 0 Å². The van der Waals surface area contributed by atoms with Gasteiger partial charge in [-0.3, -0.25) is 0 Å². The van der Waals surface area contributed by atoms with E-state index in [1.807, 2.05) is 35.2 Å². The van der Waals surface area contributed by atoms with Crippen molar-refractivity contribution in [3.8, 4) is 0 Å². The molecule has 0 spiro atoms. The first-order valence-corrected chi connectivity index (χ1v) is 8.97. The lowest BCUT2D eigenvalue weighted by atomic mass is 10.3. The van der Waals surface area contributed by atoms with Crippen molar-refractivity contribution in [1.82, 2.24) is 10.3 Å². The highest BCUT2D eigenvalue weighted by Crippen LogP contribution is 2.28. The lowest BCUT2D eigenvalue weighted by Crippen LogP contribution is -2.11. The van der Waals surface area contributed by atoms with Gasteiger partial charge in [0.05, 0.1) is 11.4 Å². The Hall–Kier alpha value is -0.550. The first kappa shape index (κ1) is 15.8. The van der Waals surface area contributed by atoms with E-state index in [1.54, 1.807) is 0 Å². The van der Waals surface area contributed by atoms with Crippen molar-refractivity contribution in [3.63, 3.8) is 0 Å². The van der Waals surface area contributed by atoms with Crippen LogP contribution in [0.25, 0.3) is 0 Å². The largest absolute Gasteiger partial charge is 0.312 e. The number of halogens is 1. The topological polar surface area (TPSA) is 24.9 Å². The van der Waals surface area contributed by atoms with Crippen molar-refractivity contribution in [3.05, 3.63) is 44.9 Å². The van der Waals surface area contributed by atoms with E-state index in [2.05, 4.69) is 31.3 Å². The molecule has 2 aromatic rings. The van der Waals surface area contributed by atoms with Gasteiger partial charge in [0.15, 0.2) is 0 Å². The van der Waals surface area contributed by atoms with Crippen LogP contribution in [0.2, 0.25) is 5.02 Å². The maximum atomic E-state index is 5.89. The average Bonchev–Trinajstić information content (AvgIpc) is 2.87. The molecule has 0 bridgehead atoms. The molecule has 1 N–H and O–H groups in total. The van der Waals surface area contributed by atoms with Crippen LogP contribution in [0.15, 0.2) is 29.2 Å². The second-order valence-electron chi connectivity index (χ2n) is 4.35. The predicted molar refractivity (Wildman–Crippen MR) is 89.9 cm³/mol. The van der Waals surface area contributed by atoms with Crippen LogP contribution in [0.1, 0.15) is 29.4 Å². The zero-order valence-corrected chi connectivity index (χ0v) is 14.2. The van der Waals surface area contributed by atoms with Crippen molar-refractivity contribution >= 4 is 34.7 Å². The smallest absolute Gasteiger partial charge is 0.103 e. The standard InChI is InChI=1S/C15H19ClN2S2/c1-3-13-14(9-17-4-2)20-15(18-13)10-19-12-7-5-11(16)6-8-12/h5-8,17H,3-4,9-10H2,1-2H3. The predicted octanol–water partition coefficient (Wildman–Crippen LogP) is 4.76. The van der Waals surface area contributed by atoms with Crippen LogP contribution in [-0.4, -0.2) is 11.5 Å². The Kier molecular flexibility index (Phi) is 6.36. The molecule has 0 amide bonds. The molecular formula is C15H19ClN2S2. The van der Waals surface area contributed by atoms with E-state index in [1.165, 1.54) is 20.5 Å². The highest BCUT2D eigenvalue weighted by Gasteiger charge is 2.09. The summed E-state index contributed by atoms with van der Waals surface area (Å²) in [5.74, 6) is 0.922. The third-order valence-electron chi connectivity index (χ3n) is 2.87. The van der Waals surface area contributed by atoms with Gasteiger partial charge in [-0.25, -0.2) is 4.98 Å².